The smallest absolute Gasteiger partial charge is 0.0674 e. The SMILES string of the molecule is CNCCn1nc(C)c(-c2cccc(C)c2)c1C. The standard InChI is InChI=1S/C15H21N3/c1-11-6-5-7-14(10-11)15-12(2)17-18(13(15)3)9-8-16-4/h5-7,10,16H,8-9H2,1-4H3. The molecule has 18 heavy (non-hydrogen) atoms. The Balaban J connectivity index is 2.42. The van der Waals surface area contributed by atoms with Crippen molar-refractivity contribution in [2.24, 2.45) is 0 Å². The molecule has 0 aliphatic rings. The Morgan fingerprint density at radius 3 is 2.67 bits per heavy atom. The van der Waals surface area contributed by atoms with Crippen molar-refractivity contribution in [1.29, 1.82) is 0 Å². The maximum atomic E-state index is 4.63. The lowest BCUT2D eigenvalue weighted by atomic mass is 10.0. The molecule has 0 radical (unpaired) electrons. The molecule has 0 aliphatic heterocycles. The van der Waals surface area contributed by atoms with Crippen molar-refractivity contribution in [1.82, 2.24) is 15.1 Å². The van der Waals surface area contributed by atoms with Crippen LogP contribution in [0.25, 0.3) is 11.1 Å². The highest BCUT2D eigenvalue weighted by atomic mass is 15.3. The molecule has 0 bridgehead atoms. The highest BCUT2D eigenvalue weighted by Gasteiger charge is 2.12. The van der Waals surface area contributed by atoms with Gasteiger partial charge in [-0.1, -0.05) is 29.8 Å². The van der Waals surface area contributed by atoms with E-state index in [1.807, 2.05) is 7.05 Å². The highest BCUT2D eigenvalue weighted by Crippen LogP contribution is 2.27. The fourth-order valence-electron chi connectivity index (χ4n) is 2.35. The number of nitrogens with one attached hydrogen (secondary N) is 1. The fourth-order valence-corrected chi connectivity index (χ4v) is 2.35. The number of hydrogen-bond acceptors (Lipinski definition) is 2. The van der Waals surface area contributed by atoms with Crippen LogP contribution in [0.5, 0.6) is 0 Å². The molecule has 0 amide bonds. The Bertz CT molecular complexity index is 541. The predicted octanol–water partition coefficient (Wildman–Crippen LogP) is 2.69. The minimum Gasteiger partial charge on any atom is -0.318 e. The molecule has 2 aromatic rings. The minimum absolute atomic E-state index is 0.912. The summed E-state index contributed by atoms with van der Waals surface area (Å²) in [6.45, 7) is 8.21. The summed E-state index contributed by atoms with van der Waals surface area (Å²) in [5.41, 5.74) is 6.17. The molecule has 0 fully saturated rings. The van der Waals surface area contributed by atoms with E-state index in [2.05, 4.69) is 60.1 Å². The van der Waals surface area contributed by atoms with Crippen LogP contribution in [-0.2, 0) is 6.54 Å². The molecule has 1 aromatic heterocycles. The molecule has 0 unspecified atom stereocenters. The van der Waals surface area contributed by atoms with Crippen molar-refractivity contribution in [2.75, 3.05) is 13.6 Å². The van der Waals surface area contributed by atoms with Crippen molar-refractivity contribution in [3.8, 4) is 11.1 Å². The molecule has 1 heterocycles. The van der Waals surface area contributed by atoms with Crippen LogP contribution in [0.3, 0.4) is 0 Å². The third kappa shape index (κ3) is 2.46. The van der Waals surface area contributed by atoms with Gasteiger partial charge in [0.1, 0.15) is 0 Å². The first kappa shape index (κ1) is 12.8. The summed E-state index contributed by atoms with van der Waals surface area (Å²) in [4.78, 5) is 0. The molecule has 0 saturated heterocycles. The second-order valence-corrected chi connectivity index (χ2v) is 4.74. The second-order valence-electron chi connectivity index (χ2n) is 4.74. The molecule has 2 rings (SSSR count). The van der Waals surface area contributed by atoms with Gasteiger partial charge in [0.2, 0.25) is 0 Å². The van der Waals surface area contributed by atoms with E-state index in [-0.39, 0.29) is 0 Å². The van der Waals surface area contributed by atoms with Crippen LogP contribution in [0, 0.1) is 20.8 Å². The maximum Gasteiger partial charge on any atom is 0.0674 e. The first-order chi connectivity index (χ1) is 8.63. The van der Waals surface area contributed by atoms with Gasteiger partial charge in [0, 0.05) is 17.8 Å². The van der Waals surface area contributed by atoms with Gasteiger partial charge in [-0.15, -0.1) is 0 Å². The minimum atomic E-state index is 0.912. The Labute approximate surface area is 109 Å². The highest BCUT2D eigenvalue weighted by molar-refractivity contribution is 5.69. The summed E-state index contributed by atoms with van der Waals surface area (Å²) in [6, 6.07) is 8.61. The van der Waals surface area contributed by atoms with Gasteiger partial charge in [-0.25, -0.2) is 0 Å². The van der Waals surface area contributed by atoms with Crippen molar-refractivity contribution >= 4 is 0 Å². The topological polar surface area (TPSA) is 29.9 Å². The molecule has 3 heteroatoms. The summed E-state index contributed by atoms with van der Waals surface area (Å²) < 4.78 is 2.09. The summed E-state index contributed by atoms with van der Waals surface area (Å²) in [5.74, 6) is 0. The number of nitrogens with zero attached hydrogens (tertiary/aromatic N) is 2. The van der Waals surface area contributed by atoms with Gasteiger partial charge in [-0.2, -0.15) is 5.10 Å². The molecule has 0 atom stereocenters. The summed E-state index contributed by atoms with van der Waals surface area (Å²) in [7, 11) is 1.97. The average Bonchev–Trinajstić information content (AvgIpc) is 2.62. The third-order valence-electron chi connectivity index (χ3n) is 3.26. The van der Waals surface area contributed by atoms with Crippen LogP contribution >= 0.6 is 0 Å². The van der Waals surface area contributed by atoms with E-state index in [4.69, 9.17) is 0 Å². The molecule has 1 aromatic carbocycles. The molecule has 0 spiro atoms. The van der Waals surface area contributed by atoms with E-state index >= 15 is 0 Å². The van der Waals surface area contributed by atoms with Gasteiger partial charge < -0.3 is 5.32 Å². The van der Waals surface area contributed by atoms with E-state index < -0.39 is 0 Å². The van der Waals surface area contributed by atoms with Gasteiger partial charge >= 0.3 is 0 Å². The zero-order valence-electron chi connectivity index (χ0n) is 11.6. The monoisotopic (exact) mass is 243 g/mol. The third-order valence-corrected chi connectivity index (χ3v) is 3.26. The van der Waals surface area contributed by atoms with Crippen LogP contribution in [0.4, 0.5) is 0 Å². The Hall–Kier alpha value is -1.61. The summed E-state index contributed by atoms with van der Waals surface area (Å²) in [6.07, 6.45) is 0. The van der Waals surface area contributed by atoms with Crippen LogP contribution in [0.15, 0.2) is 24.3 Å². The number of hydrogen-bond donors (Lipinski definition) is 1. The molecule has 96 valence electrons. The van der Waals surface area contributed by atoms with E-state index in [1.165, 1.54) is 22.4 Å². The van der Waals surface area contributed by atoms with E-state index in [9.17, 15) is 0 Å². The Morgan fingerprint density at radius 1 is 1.22 bits per heavy atom. The number of rotatable bonds is 4. The molecule has 0 saturated carbocycles. The van der Waals surface area contributed by atoms with Gasteiger partial charge in [-0.05, 0) is 33.4 Å². The number of benzene rings is 1. The number of likely N-dealkylation sites (N-methyl/N-ethyl adjacent to an activating group) is 1. The van der Waals surface area contributed by atoms with Gasteiger partial charge in [0.25, 0.3) is 0 Å². The summed E-state index contributed by atoms with van der Waals surface area (Å²) >= 11 is 0. The quantitative estimate of drug-likeness (QED) is 0.894. The van der Waals surface area contributed by atoms with Crippen LogP contribution in [-0.4, -0.2) is 23.4 Å². The first-order valence-corrected chi connectivity index (χ1v) is 6.39. The van der Waals surface area contributed by atoms with Gasteiger partial charge in [-0.3, -0.25) is 4.68 Å². The van der Waals surface area contributed by atoms with Crippen LogP contribution in [0.1, 0.15) is 17.0 Å². The van der Waals surface area contributed by atoms with Crippen molar-refractivity contribution in [3.05, 3.63) is 41.2 Å². The van der Waals surface area contributed by atoms with Gasteiger partial charge in [0.05, 0.1) is 12.2 Å². The predicted molar refractivity (Wildman–Crippen MR) is 75.8 cm³/mol. The Kier molecular flexibility index (Phi) is 3.82. The first-order valence-electron chi connectivity index (χ1n) is 6.39. The average molecular weight is 243 g/mol. The lowest BCUT2D eigenvalue weighted by molar-refractivity contribution is 0.569. The van der Waals surface area contributed by atoms with Crippen LogP contribution in [0.2, 0.25) is 0 Å². The molecule has 1 N–H and O–H groups in total. The van der Waals surface area contributed by atoms with E-state index in [1.54, 1.807) is 0 Å². The van der Waals surface area contributed by atoms with Crippen molar-refractivity contribution in [2.45, 2.75) is 27.3 Å². The largest absolute Gasteiger partial charge is 0.318 e. The lowest BCUT2D eigenvalue weighted by Gasteiger charge is -2.06. The molecular formula is C15H21N3. The second kappa shape index (κ2) is 5.36. The van der Waals surface area contributed by atoms with Gasteiger partial charge in [0.15, 0.2) is 0 Å². The normalized spacial score (nSPS) is 10.9. The molecular weight excluding hydrogens is 222 g/mol. The zero-order valence-corrected chi connectivity index (χ0v) is 11.6. The fraction of sp³-hybridized carbons (Fsp3) is 0.400. The van der Waals surface area contributed by atoms with E-state index in [0.717, 1.165) is 18.8 Å². The summed E-state index contributed by atoms with van der Waals surface area (Å²) in [5, 5.41) is 7.79. The van der Waals surface area contributed by atoms with Crippen molar-refractivity contribution < 1.29 is 0 Å². The Morgan fingerprint density at radius 2 is 2.00 bits per heavy atom. The number of aromatic nitrogens is 2. The van der Waals surface area contributed by atoms with E-state index in [0.29, 0.717) is 0 Å². The lowest BCUT2D eigenvalue weighted by Crippen LogP contribution is -2.16. The van der Waals surface area contributed by atoms with Crippen LogP contribution < -0.4 is 5.32 Å². The maximum absolute atomic E-state index is 4.63. The zero-order chi connectivity index (χ0) is 13.1. The van der Waals surface area contributed by atoms with Crippen molar-refractivity contribution in [3.63, 3.8) is 0 Å². The molecule has 0 aliphatic carbocycles. The number of aryl methyl sites for hydroxylation is 2. The molecule has 3 nitrogen and oxygen atoms in total.